The van der Waals surface area contributed by atoms with Crippen LogP contribution < -0.4 is 0 Å². The van der Waals surface area contributed by atoms with Gasteiger partial charge >= 0.3 is 11.9 Å². The van der Waals surface area contributed by atoms with Gasteiger partial charge in [0.1, 0.15) is 0 Å². The molecule has 0 fully saturated rings. The Bertz CT molecular complexity index is 109. The first-order chi connectivity index (χ1) is 6.35. The Kier molecular flexibility index (Phi) is 10.0. The zero-order valence-corrected chi connectivity index (χ0v) is 9.74. The molecule has 0 rings (SSSR count). The lowest BCUT2D eigenvalue weighted by molar-refractivity contribution is 0.416. The normalized spacial score (nSPS) is 10.7. The average Bonchev–Trinajstić information content (AvgIpc) is 2.16. The Hall–Kier alpha value is -0.0200. The van der Waals surface area contributed by atoms with Gasteiger partial charge in [-0.05, 0) is 17.1 Å². The van der Waals surface area contributed by atoms with Crippen LogP contribution in [0, 0.1) is 0 Å². The standard InChI is InChI=1S/C10H22NOS/c1-3-5-7-9-11(13-12)10-8-6-4-2/h3-10H2,1-2H3/q+1. The number of hydrogen-bond acceptors (Lipinski definition) is 1. The number of hydrogen-bond donors (Lipinski definition) is 0. The van der Waals surface area contributed by atoms with Gasteiger partial charge in [0.15, 0.2) is 0 Å². The van der Waals surface area contributed by atoms with E-state index < -0.39 is 0 Å². The van der Waals surface area contributed by atoms with Crippen molar-refractivity contribution in [3.8, 4) is 0 Å². The number of unbranched alkanes of at least 4 members (excludes halogenated alkanes) is 4. The van der Waals surface area contributed by atoms with E-state index in [1.54, 1.807) is 0 Å². The zero-order valence-electron chi connectivity index (χ0n) is 8.92. The minimum atomic E-state index is 0.654. The first-order valence-corrected chi connectivity index (χ1v) is 6.09. The second-order valence-corrected chi connectivity index (χ2v) is 4.08. The van der Waals surface area contributed by atoms with Gasteiger partial charge in [0.25, 0.3) is 0 Å². The van der Waals surface area contributed by atoms with Crippen molar-refractivity contribution in [3.63, 3.8) is 0 Å². The third-order valence-corrected chi connectivity index (χ3v) is 2.70. The fourth-order valence-electron chi connectivity index (χ4n) is 1.26. The summed E-state index contributed by atoms with van der Waals surface area (Å²) in [6.45, 7) is 6.30. The maximum Gasteiger partial charge on any atom is 0.590 e. The maximum atomic E-state index is 10.7. The highest BCUT2D eigenvalue weighted by Crippen LogP contribution is 2.01. The zero-order chi connectivity index (χ0) is 9.94. The van der Waals surface area contributed by atoms with Gasteiger partial charge in [-0.3, -0.25) is 0 Å². The predicted octanol–water partition coefficient (Wildman–Crippen LogP) is 3.01. The molecular formula is C10H22NOS+. The average molecular weight is 204 g/mol. The Balaban J connectivity index is 3.34. The van der Waals surface area contributed by atoms with Crippen LogP contribution in [0.5, 0.6) is 0 Å². The predicted molar refractivity (Wildman–Crippen MR) is 58.7 cm³/mol. The Morgan fingerprint density at radius 1 is 0.923 bits per heavy atom. The van der Waals surface area contributed by atoms with Crippen LogP contribution in [0.3, 0.4) is 0 Å². The van der Waals surface area contributed by atoms with Crippen molar-refractivity contribution in [1.29, 1.82) is 0 Å². The summed E-state index contributed by atoms with van der Waals surface area (Å²) in [4.78, 5) is 0. The van der Waals surface area contributed by atoms with Crippen LogP contribution in [0.15, 0.2) is 0 Å². The van der Waals surface area contributed by atoms with E-state index in [9.17, 15) is 4.21 Å². The third kappa shape index (κ3) is 8.31. The molecule has 0 spiro atoms. The molecule has 0 aliphatic carbocycles. The molecule has 0 aliphatic heterocycles. The van der Waals surface area contributed by atoms with Crippen molar-refractivity contribution in [2.24, 2.45) is 0 Å². The van der Waals surface area contributed by atoms with Crippen LogP contribution in [0.2, 0.25) is 0 Å². The quantitative estimate of drug-likeness (QED) is 0.321. The van der Waals surface area contributed by atoms with E-state index in [0.29, 0.717) is 11.9 Å². The van der Waals surface area contributed by atoms with Crippen molar-refractivity contribution >= 4 is 11.9 Å². The van der Waals surface area contributed by atoms with Crippen molar-refractivity contribution < 1.29 is 4.21 Å². The van der Waals surface area contributed by atoms with Gasteiger partial charge in [0, 0.05) is 0 Å². The van der Waals surface area contributed by atoms with E-state index in [4.69, 9.17) is 0 Å². The first kappa shape index (κ1) is 13.0. The highest BCUT2D eigenvalue weighted by molar-refractivity contribution is 7.62. The molecule has 0 aliphatic rings. The molecule has 0 aromatic rings. The molecule has 0 heterocycles. The molecule has 13 heavy (non-hydrogen) atoms. The fourth-order valence-corrected chi connectivity index (χ4v) is 1.67. The van der Waals surface area contributed by atoms with Gasteiger partial charge in [-0.25, -0.2) is 0 Å². The molecule has 0 aromatic heterocycles. The molecule has 0 aromatic carbocycles. The summed E-state index contributed by atoms with van der Waals surface area (Å²) in [6.07, 6.45) is 7.27. The number of nitrogens with zero attached hydrogens (tertiary/aromatic N) is 1. The van der Waals surface area contributed by atoms with Crippen LogP contribution in [0.25, 0.3) is 0 Å². The lowest BCUT2D eigenvalue weighted by Gasteiger charge is -2.02. The third-order valence-electron chi connectivity index (χ3n) is 2.13. The highest BCUT2D eigenvalue weighted by atomic mass is 32.2. The SMILES string of the molecule is CCCCCN(CCCCC)[S+]=O. The highest BCUT2D eigenvalue weighted by Gasteiger charge is 2.15. The Morgan fingerprint density at radius 3 is 1.69 bits per heavy atom. The van der Waals surface area contributed by atoms with E-state index >= 15 is 0 Å². The van der Waals surface area contributed by atoms with Gasteiger partial charge in [0.2, 0.25) is 0 Å². The Morgan fingerprint density at radius 2 is 1.38 bits per heavy atom. The summed E-state index contributed by atoms with van der Waals surface area (Å²) in [5.41, 5.74) is 0. The van der Waals surface area contributed by atoms with Crippen molar-refractivity contribution in [2.45, 2.75) is 52.4 Å². The smallest absolute Gasteiger partial charge is 0.0654 e. The first-order valence-electron chi connectivity index (χ1n) is 5.40. The second-order valence-electron chi connectivity index (χ2n) is 3.42. The molecular weight excluding hydrogens is 182 g/mol. The monoisotopic (exact) mass is 204 g/mol. The summed E-state index contributed by atoms with van der Waals surface area (Å²) in [7, 11) is 0. The van der Waals surface area contributed by atoms with Crippen LogP contribution in [0.4, 0.5) is 0 Å². The van der Waals surface area contributed by atoms with E-state index in [1.807, 2.05) is 4.31 Å². The topological polar surface area (TPSA) is 20.3 Å². The van der Waals surface area contributed by atoms with Crippen molar-refractivity contribution in [3.05, 3.63) is 0 Å². The Labute approximate surface area is 86.3 Å². The molecule has 3 heteroatoms. The summed E-state index contributed by atoms with van der Waals surface area (Å²) < 4.78 is 12.6. The summed E-state index contributed by atoms with van der Waals surface area (Å²) in [5, 5.41) is 0. The van der Waals surface area contributed by atoms with Gasteiger partial charge in [-0.15, -0.1) is 0 Å². The molecule has 0 saturated heterocycles. The molecule has 2 nitrogen and oxygen atoms in total. The van der Waals surface area contributed by atoms with Crippen molar-refractivity contribution in [2.75, 3.05) is 13.1 Å². The van der Waals surface area contributed by atoms with Crippen LogP contribution in [-0.2, 0) is 16.1 Å². The van der Waals surface area contributed by atoms with E-state index in [1.165, 1.54) is 25.7 Å². The molecule has 0 N–H and O–H groups in total. The number of rotatable bonds is 9. The summed E-state index contributed by atoms with van der Waals surface area (Å²) in [6, 6.07) is 0. The molecule has 78 valence electrons. The van der Waals surface area contributed by atoms with Crippen LogP contribution >= 0.6 is 0 Å². The van der Waals surface area contributed by atoms with Crippen molar-refractivity contribution in [1.82, 2.24) is 4.31 Å². The van der Waals surface area contributed by atoms with Crippen LogP contribution in [-0.4, -0.2) is 17.4 Å². The molecule has 0 bridgehead atoms. The fraction of sp³-hybridized carbons (Fsp3) is 1.00. The molecule has 0 atom stereocenters. The molecule has 0 saturated carbocycles. The van der Waals surface area contributed by atoms with E-state index in [-0.39, 0.29) is 0 Å². The lowest BCUT2D eigenvalue weighted by atomic mass is 10.2. The minimum Gasteiger partial charge on any atom is -0.0654 e. The lowest BCUT2D eigenvalue weighted by Crippen LogP contribution is -2.21. The summed E-state index contributed by atoms with van der Waals surface area (Å²) >= 11 is 0.654. The van der Waals surface area contributed by atoms with E-state index in [0.717, 1.165) is 25.9 Å². The molecule has 0 unspecified atom stereocenters. The van der Waals surface area contributed by atoms with Crippen LogP contribution in [0.1, 0.15) is 52.4 Å². The largest absolute Gasteiger partial charge is 0.590 e. The second kappa shape index (κ2) is 10.1. The molecule has 0 radical (unpaired) electrons. The van der Waals surface area contributed by atoms with Gasteiger partial charge in [-0.2, -0.15) is 0 Å². The molecule has 0 amide bonds. The maximum absolute atomic E-state index is 10.7. The van der Waals surface area contributed by atoms with E-state index in [2.05, 4.69) is 13.8 Å². The van der Waals surface area contributed by atoms with Gasteiger partial charge < -0.3 is 0 Å². The van der Waals surface area contributed by atoms with Gasteiger partial charge in [0.05, 0.1) is 17.3 Å². The minimum absolute atomic E-state index is 0.654. The van der Waals surface area contributed by atoms with Gasteiger partial charge in [-0.1, -0.05) is 39.5 Å². The summed E-state index contributed by atoms with van der Waals surface area (Å²) in [5.74, 6) is 0.